The maximum atomic E-state index is 11.4. The average molecular weight is 204 g/mol. The highest BCUT2D eigenvalue weighted by Crippen LogP contribution is 2.29. The van der Waals surface area contributed by atoms with Gasteiger partial charge in [-0.15, -0.1) is 0 Å². The molecule has 0 N–H and O–H groups in total. The summed E-state index contributed by atoms with van der Waals surface area (Å²) in [6.45, 7) is 0. The number of nitroso groups, excluding NO2 is 1. The molecule has 1 atom stereocenters. The van der Waals surface area contributed by atoms with Gasteiger partial charge in [-0.25, -0.2) is 0 Å². The molecule has 0 bridgehead atoms. The summed E-state index contributed by atoms with van der Waals surface area (Å²) in [5, 5.41) is 14.8. The van der Waals surface area contributed by atoms with Gasteiger partial charge in [0.1, 0.15) is 0 Å². The molecule has 1 aliphatic carbocycles. The number of nitrogens with zero attached hydrogens (tertiary/aromatic N) is 3. The van der Waals surface area contributed by atoms with Crippen LogP contribution in [0.1, 0.15) is 11.4 Å². The maximum Gasteiger partial charge on any atom is 0.258 e. The van der Waals surface area contributed by atoms with Crippen molar-refractivity contribution < 1.29 is 14.3 Å². The number of rotatable bonds is 0. The van der Waals surface area contributed by atoms with Crippen LogP contribution in [0.25, 0.3) is 11.6 Å². The highest BCUT2D eigenvalue weighted by atomic mass is 16.8. The van der Waals surface area contributed by atoms with Gasteiger partial charge in [-0.05, 0) is 23.1 Å². The van der Waals surface area contributed by atoms with Crippen molar-refractivity contribution in [1.29, 1.82) is 0 Å². The number of allylic oxidation sites excluding steroid dienone is 2. The monoisotopic (exact) mass is 204 g/mol. The van der Waals surface area contributed by atoms with Gasteiger partial charge >= 0.3 is 0 Å². The van der Waals surface area contributed by atoms with E-state index >= 15 is 0 Å². The van der Waals surface area contributed by atoms with Crippen molar-refractivity contribution in [2.45, 2.75) is 6.04 Å². The lowest BCUT2D eigenvalue weighted by molar-refractivity contribution is -0.803. The predicted octanol–water partition coefficient (Wildman–Crippen LogP) is 0.393. The molecule has 2 aliphatic rings. The van der Waals surface area contributed by atoms with Crippen LogP contribution in [-0.4, -0.2) is 16.0 Å². The van der Waals surface area contributed by atoms with E-state index in [1.165, 1.54) is 6.20 Å². The van der Waals surface area contributed by atoms with E-state index in [2.05, 4.69) is 9.79 Å². The zero-order valence-corrected chi connectivity index (χ0v) is 7.53. The van der Waals surface area contributed by atoms with Crippen molar-refractivity contribution in [2.24, 2.45) is 0 Å². The molecule has 1 unspecified atom stereocenters. The number of aromatic nitrogens is 2. The van der Waals surface area contributed by atoms with Crippen LogP contribution in [0.4, 0.5) is 0 Å². The fourth-order valence-corrected chi connectivity index (χ4v) is 1.75. The second-order valence-electron chi connectivity index (χ2n) is 3.29. The smallest absolute Gasteiger partial charge is 0.258 e. The second-order valence-corrected chi connectivity index (χ2v) is 3.29. The molecule has 0 spiro atoms. The van der Waals surface area contributed by atoms with Crippen LogP contribution in [0, 0.1) is 10.1 Å². The van der Waals surface area contributed by atoms with Crippen LogP contribution in [0.2, 0.25) is 0 Å². The van der Waals surface area contributed by atoms with Gasteiger partial charge in [-0.1, -0.05) is 0 Å². The highest BCUT2D eigenvalue weighted by Gasteiger charge is 2.38. The number of hydrogen-bond acceptors (Lipinski definition) is 4. The average Bonchev–Trinajstić information content (AvgIpc) is 2.61. The molecule has 2 heterocycles. The first-order valence-corrected chi connectivity index (χ1v) is 4.39. The van der Waals surface area contributed by atoms with Crippen LogP contribution < -0.4 is 4.90 Å². The lowest BCUT2D eigenvalue weighted by Crippen LogP contribution is -2.30. The summed E-state index contributed by atoms with van der Waals surface area (Å²) in [5.41, 5.74) is 1.45. The lowest BCUT2D eigenvalue weighted by atomic mass is 9.94. The predicted molar refractivity (Wildman–Crippen MR) is 49.0 cm³/mol. The lowest BCUT2D eigenvalue weighted by Gasteiger charge is -2.09. The van der Waals surface area contributed by atoms with Crippen molar-refractivity contribution in [3.05, 3.63) is 45.9 Å². The summed E-state index contributed by atoms with van der Waals surface area (Å²) >= 11 is 0. The molecule has 74 valence electrons. The molecule has 1 aromatic heterocycles. The summed E-state index contributed by atoms with van der Waals surface area (Å²) in [4.78, 5) is 11.8. The van der Waals surface area contributed by atoms with Crippen LogP contribution >= 0.6 is 0 Å². The molecule has 0 amide bonds. The van der Waals surface area contributed by atoms with Gasteiger partial charge in [-0.2, -0.15) is 0 Å². The van der Waals surface area contributed by atoms with Crippen LogP contribution in [0.3, 0.4) is 0 Å². The van der Waals surface area contributed by atoms with Gasteiger partial charge in [0.25, 0.3) is 11.7 Å². The highest BCUT2D eigenvalue weighted by molar-refractivity contribution is 5.78. The van der Waals surface area contributed by atoms with Crippen LogP contribution in [-0.2, 0) is 0 Å². The first-order valence-electron chi connectivity index (χ1n) is 4.39. The Morgan fingerprint density at radius 3 is 3.27 bits per heavy atom. The second kappa shape index (κ2) is 2.63. The largest absolute Gasteiger partial charge is 0.359 e. The molecule has 0 fully saturated rings. The fraction of sp³-hybridized carbons (Fsp3) is 0.111. The Morgan fingerprint density at radius 1 is 1.53 bits per heavy atom. The minimum Gasteiger partial charge on any atom is -0.359 e. The van der Waals surface area contributed by atoms with Gasteiger partial charge in [0.2, 0.25) is 11.9 Å². The molecule has 0 saturated heterocycles. The van der Waals surface area contributed by atoms with Gasteiger partial charge in [0.15, 0.2) is 0 Å². The number of hydrogen-bond donors (Lipinski definition) is 0. The summed E-state index contributed by atoms with van der Waals surface area (Å²) in [5.74, 6) is 0. The van der Waals surface area contributed by atoms with Gasteiger partial charge in [0, 0.05) is 20.9 Å². The molecule has 0 aromatic carbocycles. The van der Waals surface area contributed by atoms with Crippen LogP contribution in [0.15, 0.2) is 29.1 Å². The molecular weight excluding hydrogens is 198 g/mol. The summed E-state index contributed by atoms with van der Waals surface area (Å²) in [7, 11) is 0. The third kappa shape index (κ3) is 0.983. The van der Waals surface area contributed by atoms with Gasteiger partial charge < -0.3 is 5.21 Å². The first-order chi connectivity index (χ1) is 7.27. The van der Waals surface area contributed by atoms with Crippen molar-refractivity contribution in [2.75, 3.05) is 0 Å². The Bertz CT molecular complexity index is 539. The van der Waals surface area contributed by atoms with E-state index in [1.54, 1.807) is 24.3 Å². The van der Waals surface area contributed by atoms with Crippen LogP contribution in [0.5, 0.6) is 0 Å². The molecule has 0 saturated carbocycles. The molecule has 1 aromatic rings. The SMILES string of the molecule is O=[N+]1C=CC=C2c3no[n+]([O-])c3C=CC21. The van der Waals surface area contributed by atoms with E-state index in [4.69, 9.17) is 0 Å². The van der Waals surface area contributed by atoms with Gasteiger partial charge in [-0.3, -0.25) is 4.63 Å². The van der Waals surface area contributed by atoms with E-state index in [0.717, 1.165) is 4.76 Å². The Morgan fingerprint density at radius 2 is 2.40 bits per heavy atom. The molecule has 3 rings (SSSR count). The standard InChI is InChI=1S/C9H6N3O3/c13-11-5-1-2-6-7(11)3-4-8-9(6)10-15-12(8)14/h1-5,7H/q+1. The summed E-state index contributed by atoms with van der Waals surface area (Å²) in [6.07, 6.45) is 7.99. The van der Waals surface area contributed by atoms with E-state index in [-0.39, 0.29) is 0 Å². The Labute approximate surface area is 83.9 Å². The van der Waals surface area contributed by atoms with E-state index in [0.29, 0.717) is 21.9 Å². The number of fused-ring (bicyclic) bond motifs is 3. The Kier molecular flexibility index (Phi) is 1.42. The van der Waals surface area contributed by atoms with Gasteiger partial charge in [0.05, 0.1) is 5.57 Å². The van der Waals surface area contributed by atoms with E-state index < -0.39 is 6.04 Å². The quantitative estimate of drug-likeness (QED) is 0.452. The molecule has 15 heavy (non-hydrogen) atoms. The third-order valence-electron chi connectivity index (χ3n) is 2.46. The third-order valence-corrected chi connectivity index (χ3v) is 2.46. The van der Waals surface area contributed by atoms with E-state index in [1.807, 2.05) is 0 Å². The zero-order valence-electron chi connectivity index (χ0n) is 7.53. The molecule has 1 aliphatic heterocycles. The van der Waals surface area contributed by atoms with Crippen molar-refractivity contribution in [3.63, 3.8) is 0 Å². The molecule has 0 radical (unpaired) electrons. The minimum atomic E-state index is -0.410. The molecule has 6 nitrogen and oxygen atoms in total. The molecular formula is C9H6N3O3+. The fourth-order valence-electron chi connectivity index (χ4n) is 1.75. The Balaban J connectivity index is 2.23. The summed E-state index contributed by atoms with van der Waals surface area (Å²) in [6, 6.07) is -0.410. The maximum absolute atomic E-state index is 11.4. The first kappa shape index (κ1) is 8.10. The van der Waals surface area contributed by atoms with Crippen molar-refractivity contribution >= 4 is 11.6 Å². The topological polar surface area (TPSA) is 73.0 Å². The van der Waals surface area contributed by atoms with E-state index in [9.17, 15) is 10.1 Å². The Hall–Kier alpha value is -2.24. The van der Waals surface area contributed by atoms with Crippen molar-refractivity contribution in [1.82, 2.24) is 5.16 Å². The normalized spacial score (nSPS) is 22.3. The summed E-state index contributed by atoms with van der Waals surface area (Å²) < 4.78 is 5.28. The minimum absolute atomic E-state index is 0.330. The van der Waals surface area contributed by atoms with Crippen molar-refractivity contribution in [3.8, 4) is 0 Å². The zero-order chi connectivity index (χ0) is 10.4. The molecule has 6 heteroatoms.